The molecule has 0 saturated heterocycles. The van der Waals surface area contributed by atoms with Gasteiger partial charge in [0, 0.05) is 21.8 Å². The second-order valence-electron chi connectivity index (χ2n) is 3.00. The normalized spacial score (nSPS) is 10.3. The van der Waals surface area contributed by atoms with E-state index in [1.54, 1.807) is 0 Å². The number of nitrogens with one attached hydrogen (secondary N) is 2. The van der Waals surface area contributed by atoms with Gasteiger partial charge in [-0.25, -0.2) is 0 Å². The summed E-state index contributed by atoms with van der Waals surface area (Å²) in [5.41, 5.74) is 5.35. The SMILES string of the molecule is CC(C)c1ccc(NNBr)cc1. The maximum absolute atomic E-state index is 3.07. The first-order valence-corrected chi connectivity index (χ1v) is 4.75. The van der Waals surface area contributed by atoms with Crippen molar-refractivity contribution in [2.45, 2.75) is 19.8 Å². The highest BCUT2D eigenvalue weighted by Gasteiger charge is 1.97. The number of hydrazine groups is 1. The number of rotatable bonds is 3. The van der Waals surface area contributed by atoms with Crippen molar-refractivity contribution >= 4 is 21.8 Å². The first kappa shape index (κ1) is 9.55. The van der Waals surface area contributed by atoms with E-state index in [1.807, 2.05) is 12.1 Å². The Bertz CT molecular complexity index is 231. The lowest BCUT2D eigenvalue weighted by molar-refractivity contribution is 0.867. The molecule has 3 heteroatoms. The van der Waals surface area contributed by atoms with Crippen LogP contribution < -0.4 is 9.88 Å². The third kappa shape index (κ3) is 2.50. The highest BCUT2D eigenvalue weighted by molar-refractivity contribution is 9.08. The lowest BCUT2D eigenvalue weighted by Crippen LogP contribution is -2.07. The van der Waals surface area contributed by atoms with Crippen LogP contribution in [0.1, 0.15) is 25.3 Å². The highest BCUT2D eigenvalue weighted by atomic mass is 79.9. The molecule has 0 saturated carbocycles. The Morgan fingerprint density at radius 1 is 1.17 bits per heavy atom. The van der Waals surface area contributed by atoms with Gasteiger partial charge in [-0.2, -0.15) is 4.45 Å². The van der Waals surface area contributed by atoms with Crippen molar-refractivity contribution in [2.75, 3.05) is 5.43 Å². The summed E-state index contributed by atoms with van der Waals surface area (Å²) in [5.74, 6) is 0.593. The molecule has 2 nitrogen and oxygen atoms in total. The topological polar surface area (TPSA) is 24.1 Å². The Morgan fingerprint density at radius 3 is 2.17 bits per heavy atom. The Balaban J connectivity index is 2.71. The second kappa shape index (κ2) is 4.48. The van der Waals surface area contributed by atoms with E-state index >= 15 is 0 Å². The zero-order valence-electron chi connectivity index (χ0n) is 7.26. The molecule has 1 aromatic carbocycles. The quantitative estimate of drug-likeness (QED) is 0.614. The molecule has 0 radical (unpaired) electrons. The van der Waals surface area contributed by atoms with E-state index in [1.165, 1.54) is 5.56 Å². The Hall–Kier alpha value is -0.540. The van der Waals surface area contributed by atoms with Crippen LogP contribution in [0.4, 0.5) is 5.69 Å². The summed E-state index contributed by atoms with van der Waals surface area (Å²) >= 11 is 3.07. The van der Waals surface area contributed by atoms with Crippen molar-refractivity contribution in [3.63, 3.8) is 0 Å². The predicted octanol–water partition coefficient (Wildman–Crippen LogP) is 3.04. The van der Waals surface area contributed by atoms with Crippen LogP contribution in [0.25, 0.3) is 0 Å². The fourth-order valence-electron chi connectivity index (χ4n) is 1.01. The van der Waals surface area contributed by atoms with Gasteiger partial charge in [-0.15, -0.1) is 0 Å². The highest BCUT2D eigenvalue weighted by Crippen LogP contribution is 2.16. The van der Waals surface area contributed by atoms with Crippen molar-refractivity contribution in [1.82, 2.24) is 4.45 Å². The zero-order chi connectivity index (χ0) is 8.97. The molecule has 66 valence electrons. The van der Waals surface area contributed by atoms with Crippen LogP contribution in [0.3, 0.4) is 0 Å². The summed E-state index contributed by atoms with van der Waals surface area (Å²) < 4.78 is 2.70. The molecule has 1 rings (SSSR count). The lowest BCUT2D eigenvalue weighted by Gasteiger charge is -2.06. The maximum atomic E-state index is 3.07. The van der Waals surface area contributed by atoms with Crippen molar-refractivity contribution in [1.29, 1.82) is 0 Å². The van der Waals surface area contributed by atoms with E-state index in [9.17, 15) is 0 Å². The van der Waals surface area contributed by atoms with Crippen LogP contribution >= 0.6 is 16.1 Å². The van der Waals surface area contributed by atoms with Gasteiger partial charge in [-0.05, 0) is 23.6 Å². The number of hydrogen-bond acceptors (Lipinski definition) is 2. The van der Waals surface area contributed by atoms with E-state index in [0.29, 0.717) is 5.92 Å². The summed E-state index contributed by atoms with van der Waals surface area (Å²) in [4.78, 5) is 0. The molecule has 0 aliphatic carbocycles. The molecule has 0 amide bonds. The molecule has 0 aliphatic heterocycles. The van der Waals surface area contributed by atoms with Gasteiger partial charge in [-0.3, -0.25) is 0 Å². The molecule has 0 heterocycles. The summed E-state index contributed by atoms with van der Waals surface area (Å²) in [6, 6.07) is 8.34. The average Bonchev–Trinajstić information content (AvgIpc) is 2.06. The Labute approximate surface area is 81.7 Å². The Kier molecular flexibility index (Phi) is 3.56. The fraction of sp³-hybridized carbons (Fsp3) is 0.333. The van der Waals surface area contributed by atoms with Gasteiger partial charge < -0.3 is 5.43 Å². The maximum Gasteiger partial charge on any atom is 0.0496 e. The first-order chi connectivity index (χ1) is 5.74. The minimum absolute atomic E-state index is 0.593. The van der Waals surface area contributed by atoms with Gasteiger partial charge in [-0.1, -0.05) is 26.0 Å². The molecule has 0 atom stereocenters. The summed E-state index contributed by atoms with van der Waals surface area (Å²) in [5, 5.41) is 0. The van der Waals surface area contributed by atoms with Crippen LogP contribution in [0, 0.1) is 0 Å². The van der Waals surface area contributed by atoms with Crippen molar-refractivity contribution in [3.05, 3.63) is 29.8 Å². The first-order valence-electron chi connectivity index (χ1n) is 3.95. The smallest absolute Gasteiger partial charge is 0.0496 e. The van der Waals surface area contributed by atoms with Gasteiger partial charge in [0.05, 0.1) is 0 Å². The lowest BCUT2D eigenvalue weighted by atomic mass is 10.0. The van der Waals surface area contributed by atoms with Crippen LogP contribution in [0.15, 0.2) is 24.3 Å². The molecular formula is C9H13BrN2. The molecule has 2 N–H and O–H groups in total. The van der Waals surface area contributed by atoms with Crippen LogP contribution in [-0.4, -0.2) is 0 Å². The molecule has 0 bridgehead atoms. The molecule has 1 aromatic rings. The van der Waals surface area contributed by atoms with Crippen LogP contribution in [0.5, 0.6) is 0 Å². The Morgan fingerprint density at radius 2 is 1.75 bits per heavy atom. The van der Waals surface area contributed by atoms with Crippen LogP contribution in [0.2, 0.25) is 0 Å². The number of halogens is 1. The van der Waals surface area contributed by atoms with Crippen molar-refractivity contribution in [3.8, 4) is 0 Å². The number of anilines is 1. The van der Waals surface area contributed by atoms with E-state index < -0.39 is 0 Å². The molecular weight excluding hydrogens is 216 g/mol. The fourth-order valence-corrected chi connectivity index (χ4v) is 1.23. The molecule has 0 unspecified atom stereocenters. The van der Waals surface area contributed by atoms with Crippen LogP contribution in [-0.2, 0) is 0 Å². The van der Waals surface area contributed by atoms with Gasteiger partial charge in [0.2, 0.25) is 0 Å². The zero-order valence-corrected chi connectivity index (χ0v) is 8.85. The van der Waals surface area contributed by atoms with Crippen molar-refractivity contribution in [2.24, 2.45) is 0 Å². The number of hydrogen-bond donors (Lipinski definition) is 2. The summed E-state index contributed by atoms with van der Waals surface area (Å²) in [6.45, 7) is 4.37. The van der Waals surface area contributed by atoms with Gasteiger partial charge in [0.15, 0.2) is 0 Å². The third-order valence-electron chi connectivity index (χ3n) is 1.77. The summed E-state index contributed by atoms with van der Waals surface area (Å²) in [6.07, 6.45) is 0. The summed E-state index contributed by atoms with van der Waals surface area (Å²) in [7, 11) is 0. The van der Waals surface area contributed by atoms with E-state index in [0.717, 1.165) is 5.69 Å². The number of benzene rings is 1. The van der Waals surface area contributed by atoms with Crippen molar-refractivity contribution < 1.29 is 0 Å². The van der Waals surface area contributed by atoms with Gasteiger partial charge in [0.25, 0.3) is 0 Å². The molecule has 0 fully saturated rings. The van der Waals surface area contributed by atoms with E-state index in [2.05, 4.69) is 52.0 Å². The minimum Gasteiger partial charge on any atom is -0.312 e. The molecule has 0 aromatic heterocycles. The molecule has 0 aliphatic rings. The monoisotopic (exact) mass is 228 g/mol. The van der Waals surface area contributed by atoms with E-state index in [-0.39, 0.29) is 0 Å². The van der Waals surface area contributed by atoms with E-state index in [4.69, 9.17) is 0 Å². The molecule has 0 spiro atoms. The standard InChI is InChI=1S/C9H13BrN2/c1-7(2)8-3-5-9(6-4-8)11-12-10/h3-7,11-12H,1-2H3. The predicted molar refractivity (Wildman–Crippen MR) is 56.2 cm³/mol. The second-order valence-corrected chi connectivity index (χ2v) is 3.39. The minimum atomic E-state index is 0.593. The average molecular weight is 229 g/mol. The third-order valence-corrected chi connectivity index (χ3v) is 1.97. The largest absolute Gasteiger partial charge is 0.312 e. The van der Waals surface area contributed by atoms with Gasteiger partial charge in [0.1, 0.15) is 0 Å². The van der Waals surface area contributed by atoms with Gasteiger partial charge >= 0.3 is 0 Å². The molecule has 12 heavy (non-hydrogen) atoms.